The van der Waals surface area contributed by atoms with Crippen molar-refractivity contribution in [1.82, 2.24) is 10.3 Å². The van der Waals surface area contributed by atoms with Gasteiger partial charge in [-0.1, -0.05) is 17.7 Å². The first-order valence-electron chi connectivity index (χ1n) is 6.83. The van der Waals surface area contributed by atoms with Gasteiger partial charge in [-0.2, -0.15) is 0 Å². The Hall–Kier alpha value is -1.58. The van der Waals surface area contributed by atoms with Gasteiger partial charge in [-0.05, 0) is 49.6 Å². The molecule has 0 bridgehead atoms. The highest BCUT2D eigenvalue weighted by atomic mass is 35.5. The van der Waals surface area contributed by atoms with Crippen molar-refractivity contribution in [2.24, 2.45) is 0 Å². The third-order valence-electron chi connectivity index (χ3n) is 3.30. The van der Waals surface area contributed by atoms with Crippen LogP contribution in [0.3, 0.4) is 0 Å². The van der Waals surface area contributed by atoms with Gasteiger partial charge in [0.25, 0.3) is 0 Å². The van der Waals surface area contributed by atoms with Crippen molar-refractivity contribution in [3.05, 3.63) is 52.8 Å². The first-order valence-corrected chi connectivity index (χ1v) is 7.21. The number of aryl methyl sites for hydroxylation is 1. The minimum Gasteiger partial charge on any atom is -0.456 e. The summed E-state index contributed by atoms with van der Waals surface area (Å²) in [6.07, 6.45) is 4.27. The van der Waals surface area contributed by atoms with Crippen molar-refractivity contribution in [2.45, 2.75) is 32.4 Å². The average molecular weight is 289 g/mol. The van der Waals surface area contributed by atoms with Crippen LogP contribution in [0.4, 0.5) is 0 Å². The van der Waals surface area contributed by atoms with E-state index in [1.807, 2.05) is 37.3 Å². The first kappa shape index (κ1) is 13.4. The smallest absolute Gasteiger partial charge is 0.145 e. The van der Waals surface area contributed by atoms with Crippen LogP contribution in [0.15, 0.2) is 36.5 Å². The van der Waals surface area contributed by atoms with E-state index in [0.29, 0.717) is 6.04 Å². The molecular weight excluding hydrogens is 272 g/mol. The third-order valence-corrected chi connectivity index (χ3v) is 3.65. The molecule has 104 valence electrons. The van der Waals surface area contributed by atoms with Crippen molar-refractivity contribution in [3.8, 4) is 11.5 Å². The topological polar surface area (TPSA) is 34.1 Å². The Kier molecular flexibility index (Phi) is 3.90. The molecule has 0 radical (unpaired) electrons. The molecule has 1 heterocycles. The van der Waals surface area contributed by atoms with Crippen molar-refractivity contribution < 1.29 is 4.74 Å². The summed E-state index contributed by atoms with van der Waals surface area (Å²) in [6.45, 7) is 2.76. The number of aromatic nitrogens is 1. The number of pyridine rings is 1. The lowest BCUT2D eigenvalue weighted by atomic mass is 10.2. The molecule has 2 aromatic rings. The van der Waals surface area contributed by atoms with Crippen LogP contribution in [0, 0.1) is 6.92 Å². The molecule has 0 unspecified atom stereocenters. The molecule has 1 saturated carbocycles. The molecule has 1 N–H and O–H groups in total. The van der Waals surface area contributed by atoms with Crippen LogP contribution < -0.4 is 10.1 Å². The zero-order chi connectivity index (χ0) is 13.9. The number of benzene rings is 1. The Morgan fingerprint density at radius 1 is 1.25 bits per heavy atom. The molecule has 0 aliphatic heterocycles. The van der Waals surface area contributed by atoms with Gasteiger partial charge < -0.3 is 10.1 Å². The van der Waals surface area contributed by atoms with Crippen molar-refractivity contribution in [2.75, 3.05) is 0 Å². The number of rotatable bonds is 5. The van der Waals surface area contributed by atoms with Gasteiger partial charge in [-0.3, -0.25) is 4.98 Å². The second-order valence-electron chi connectivity index (χ2n) is 5.15. The number of halogens is 1. The Morgan fingerprint density at radius 3 is 2.70 bits per heavy atom. The molecule has 1 aliphatic rings. The highest BCUT2D eigenvalue weighted by Gasteiger charge is 2.20. The Morgan fingerprint density at radius 2 is 2.05 bits per heavy atom. The maximum Gasteiger partial charge on any atom is 0.145 e. The lowest BCUT2D eigenvalue weighted by Gasteiger charge is -2.09. The lowest BCUT2D eigenvalue weighted by Crippen LogP contribution is -2.15. The molecule has 0 atom stereocenters. The number of nitrogens with one attached hydrogen (secondary N) is 1. The number of ether oxygens (including phenoxy) is 1. The van der Waals surface area contributed by atoms with Gasteiger partial charge >= 0.3 is 0 Å². The zero-order valence-electron chi connectivity index (χ0n) is 11.4. The number of hydrogen-bond acceptors (Lipinski definition) is 3. The van der Waals surface area contributed by atoms with Crippen LogP contribution in [0.5, 0.6) is 11.5 Å². The second-order valence-corrected chi connectivity index (χ2v) is 5.55. The van der Waals surface area contributed by atoms with E-state index < -0.39 is 0 Å². The highest BCUT2D eigenvalue weighted by Crippen LogP contribution is 2.27. The van der Waals surface area contributed by atoms with E-state index in [-0.39, 0.29) is 0 Å². The number of nitrogens with zero attached hydrogens (tertiary/aromatic N) is 1. The molecule has 1 fully saturated rings. The van der Waals surface area contributed by atoms with E-state index in [2.05, 4.69) is 10.3 Å². The molecule has 3 rings (SSSR count). The molecule has 3 nitrogen and oxygen atoms in total. The Balaban J connectivity index is 1.67. The molecule has 4 heteroatoms. The molecular formula is C16H17ClN2O. The Labute approximate surface area is 123 Å². The van der Waals surface area contributed by atoms with Crippen LogP contribution in [0.25, 0.3) is 0 Å². The van der Waals surface area contributed by atoms with Crippen LogP contribution in [0.2, 0.25) is 5.02 Å². The summed E-state index contributed by atoms with van der Waals surface area (Å²) < 4.78 is 5.74. The minimum atomic E-state index is 0.681. The fourth-order valence-corrected chi connectivity index (χ4v) is 2.16. The van der Waals surface area contributed by atoms with Crippen molar-refractivity contribution in [1.29, 1.82) is 0 Å². The quantitative estimate of drug-likeness (QED) is 0.900. The third kappa shape index (κ3) is 3.50. The SMILES string of the molecule is Cc1ccc(Oc2ccc(CNC3CC3)c(Cl)c2)cn1. The molecule has 0 saturated heterocycles. The minimum absolute atomic E-state index is 0.681. The van der Waals surface area contributed by atoms with Gasteiger partial charge in [-0.15, -0.1) is 0 Å². The number of hydrogen-bond donors (Lipinski definition) is 1. The largest absolute Gasteiger partial charge is 0.456 e. The van der Waals surface area contributed by atoms with Crippen LogP contribution in [0.1, 0.15) is 24.1 Å². The van der Waals surface area contributed by atoms with Gasteiger partial charge in [0.15, 0.2) is 0 Å². The van der Waals surface area contributed by atoms with Crippen molar-refractivity contribution in [3.63, 3.8) is 0 Å². The molecule has 1 aromatic heterocycles. The van der Waals surface area contributed by atoms with E-state index in [1.165, 1.54) is 12.8 Å². The predicted octanol–water partition coefficient (Wildman–Crippen LogP) is 4.09. The summed E-state index contributed by atoms with van der Waals surface area (Å²) in [4.78, 5) is 4.20. The summed E-state index contributed by atoms with van der Waals surface area (Å²) in [5, 5.41) is 4.19. The lowest BCUT2D eigenvalue weighted by molar-refractivity contribution is 0.479. The highest BCUT2D eigenvalue weighted by molar-refractivity contribution is 6.31. The average Bonchev–Trinajstić information content (AvgIpc) is 3.25. The Bertz CT molecular complexity index is 594. The zero-order valence-corrected chi connectivity index (χ0v) is 12.2. The summed E-state index contributed by atoms with van der Waals surface area (Å²) in [5.41, 5.74) is 2.07. The summed E-state index contributed by atoms with van der Waals surface area (Å²) >= 11 is 6.29. The molecule has 0 spiro atoms. The van der Waals surface area contributed by atoms with Gasteiger partial charge in [0, 0.05) is 23.3 Å². The summed E-state index contributed by atoms with van der Waals surface area (Å²) in [5.74, 6) is 1.45. The van der Waals surface area contributed by atoms with E-state index in [4.69, 9.17) is 16.3 Å². The monoisotopic (exact) mass is 288 g/mol. The maximum absolute atomic E-state index is 6.29. The van der Waals surface area contributed by atoms with Crippen molar-refractivity contribution >= 4 is 11.6 Å². The fraction of sp³-hybridized carbons (Fsp3) is 0.312. The maximum atomic E-state index is 6.29. The van der Waals surface area contributed by atoms with Crippen LogP contribution >= 0.6 is 11.6 Å². The molecule has 0 amide bonds. The van der Waals surface area contributed by atoms with E-state index in [1.54, 1.807) is 6.20 Å². The van der Waals surface area contributed by atoms with Gasteiger partial charge in [0.05, 0.1) is 6.20 Å². The summed E-state index contributed by atoms with van der Waals surface area (Å²) in [7, 11) is 0. The van der Waals surface area contributed by atoms with Gasteiger partial charge in [0.2, 0.25) is 0 Å². The van der Waals surface area contributed by atoms with Crippen LogP contribution in [-0.4, -0.2) is 11.0 Å². The molecule has 1 aromatic carbocycles. The predicted molar refractivity (Wildman–Crippen MR) is 80.4 cm³/mol. The fourth-order valence-electron chi connectivity index (χ4n) is 1.93. The molecule has 20 heavy (non-hydrogen) atoms. The van der Waals surface area contributed by atoms with E-state index in [9.17, 15) is 0 Å². The second kappa shape index (κ2) is 5.81. The van der Waals surface area contributed by atoms with Gasteiger partial charge in [-0.25, -0.2) is 0 Å². The normalized spacial score (nSPS) is 14.3. The van der Waals surface area contributed by atoms with Gasteiger partial charge in [0.1, 0.15) is 11.5 Å². The van der Waals surface area contributed by atoms with E-state index >= 15 is 0 Å². The standard InChI is InChI=1S/C16H17ClN2O/c1-11-2-6-15(10-18-11)20-14-7-3-12(16(17)8-14)9-19-13-4-5-13/h2-3,6-8,10,13,19H,4-5,9H2,1H3. The van der Waals surface area contributed by atoms with Crippen LogP contribution in [-0.2, 0) is 6.54 Å². The van der Waals surface area contributed by atoms with E-state index in [0.717, 1.165) is 34.3 Å². The molecule has 1 aliphatic carbocycles. The summed E-state index contributed by atoms with van der Waals surface area (Å²) in [6, 6.07) is 10.3. The first-order chi connectivity index (χ1) is 9.70.